The van der Waals surface area contributed by atoms with Gasteiger partial charge in [-0.05, 0) is 30.4 Å². The Labute approximate surface area is 130 Å². The summed E-state index contributed by atoms with van der Waals surface area (Å²) in [5.41, 5.74) is 1.52. The molecule has 3 rings (SSSR count). The summed E-state index contributed by atoms with van der Waals surface area (Å²) in [6, 6.07) is 12.1. The number of anilines is 1. The van der Waals surface area contributed by atoms with Crippen LogP contribution in [0.5, 0.6) is 0 Å². The molecule has 1 saturated heterocycles. The summed E-state index contributed by atoms with van der Waals surface area (Å²) in [6.45, 7) is 4.68. The van der Waals surface area contributed by atoms with E-state index in [0.29, 0.717) is 17.4 Å². The molecule has 1 aromatic carbocycles. The Morgan fingerprint density at radius 3 is 2.95 bits per heavy atom. The zero-order valence-electron chi connectivity index (χ0n) is 12.7. The number of para-hydroxylation sites is 1. The van der Waals surface area contributed by atoms with E-state index in [1.807, 2.05) is 30.3 Å². The second-order valence-corrected chi connectivity index (χ2v) is 5.75. The van der Waals surface area contributed by atoms with Crippen molar-refractivity contribution in [3.05, 3.63) is 42.1 Å². The average molecular weight is 296 g/mol. The maximum Gasteiger partial charge on any atom is 0.147 e. The van der Waals surface area contributed by atoms with Crippen LogP contribution in [-0.2, 0) is 4.74 Å². The Balaban J connectivity index is 1.80. The third-order valence-electron chi connectivity index (χ3n) is 4.24. The zero-order chi connectivity index (χ0) is 15.4. The number of nitrogens with one attached hydrogen (secondary N) is 1. The van der Waals surface area contributed by atoms with Crippen molar-refractivity contribution in [2.45, 2.75) is 13.3 Å². The highest BCUT2D eigenvalue weighted by molar-refractivity contribution is 5.55. The average Bonchev–Trinajstić information content (AvgIpc) is 2.98. The van der Waals surface area contributed by atoms with Gasteiger partial charge < -0.3 is 10.1 Å². The van der Waals surface area contributed by atoms with Crippen LogP contribution in [0.15, 0.2) is 36.5 Å². The van der Waals surface area contributed by atoms with Gasteiger partial charge in [0.15, 0.2) is 0 Å². The van der Waals surface area contributed by atoms with E-state index in [0.717, 1.165) is 37.7 Å². The van der Waals surface area contributed by atoms with Crippen LogP contribution in [0.3, 0.4) is 0 Å². The van der Waals surface area contributed by atoms with Crippen molar-refractivity contribution >= 4 is 5.82 Å². The maximum absolute atomic E-state index is 9.30. The predicted molar refractivity (Wildman–Crippen MR) is 84.9 cm³/mol. The summed E-state index contributed by atoms with van der Waals surface area (Å²) in [4.78, 5) is 0. The third kappa shape index (κ3) is 2.97. The minimum Gasteiger partial charge on any atom is -0.381 e. The van der Waals surface area contributed by atoms with E-state index < -0.39 is 0 Å². The molecule has 2 heterocycles. The molecular weight excluding hydrogens is 276 g/mol. The second-order valence-electron chi connectivity index (χ2n) is 5.75. The number of benzene rings is 1. The first kappa shape index (κ1) is 14.6. The molecule has 2 unspecified atom stereocenters. The van der Waals surface area contributed by atoms with Crippen molar-refractivity contribution in [2.75, 3.05) is 25.1 Å². The van der Waals surface area contributed by atoms with Gasteiger partial charge in [-0.1, -0.05) is 25.1 Å². The number of nitriles is 1. The Hall–Kier alpha value is -2.32. The lowest BCUT2D eigenvalue weighted by atomic mass is 9.90. The van der Waals surface area contributed by atoms with Gasteiger partial charge in [0.05, 0.1) is 11.9 Å². The molecule has 0 saturated carbocycles. The molecule has 0 spiro atoms. The molecule has 0 radical (unpaired) electrons. The van der Waals surface area contributed by atoms with Gasteiger partial charge in [0.2, 0.25) is 0 Å². The third-order valence-corrected chi connectivity index (χ3v) is 4.24. The fourth-order valence-corrected chi connectivity index (χ4v) is 2.82. The predicted octanol–water partition coefficient (Wildman–Crippen LogP) is 2.83. The lowest BCUT2D eigenvalue weighted by molar-refractivity contribution is 0.0284. The molecule has 5 heteroatoms. The summed E-state index contributed by atoms with van der Waals surface area (Å²) in [6.07, 6.45) is 2.66. The molecule has 22 heavy (non-hydrogen) atoms. The molecule has 1 N–H and O–H groups in total. The molecule has 1 aliphatic rings. The number of hydrogen-bond acceptors (Lipinski definition) is 4. The molecule has 1 aliphatic heterocycles. The Bertz CT molecular complexity index is 659. The van der Waals surface area contributed by atoms with E-state index in [-0.39, 0.29) is 0 Å². The van der Waals surface area contributed by atoms with E-state index in [9.17, 15) is 5.26 Å². The summed E-state index contributed by atoms with van der Waals surface area (Å²) in [5, 5.41) is 17.1. The van der Waals surface area contributed by atoms with Crippen LogP contribution >= 0.6 is 0 Å². The lowest BCUT2D eigenvalue weighted by Crippen LogP contribution is -2.30. The topological polar surface area (TPSA) is 62.9 Å². The summed E-state index contributed by atoms with van der Waals surface area (Å²) < 4.78 is 7.28. The highest BCUT2D eigenvalue weighted by atomic mass is 16.5. The first-order valence-corrected chi connectivity index (χ1v) is 7.64. The second kappa shape index (κ2) is 6.63. The fourth-order valence-electron chi connectivity index (χ4n) is 2.82. The standard InChI is InChI=1S/C17H20N4O/c1-13-12-22-8-7-14(13)10-19-17-15(9-18)11-20-21(17)16-5-3-2-4-6-16/h2-6,11,13-14,19H,7-8,10,12H2,1H3. The molecule has 1 fully saturated rings. The molecule has 0 amide bonds. The van der Waals surface area contributed by atoms with Crippen LogP contribution in [-0.4, -0.2) is 29.5 Å². The molecule has 2 aromatic rings. The Kier molecular flexibility index (Phi) is 4.40. The summed E-state index contributed by atoms with van der Waals surface area (Å²) in [5.74, 6) is 1.85. The van der Waals surface area contributed by atoms with E-state index in [4.69, 9.17) is 4.74 Å². The van der Waals surface area contributed by atoms with Crippen LogP contribution in [0, 0.1) is 23.2 Å². The smallest absolute Gasteiger partial charge is 0.147 e. The number of nitrogens with zero attached hydrogens (tertiary/aromatic N) is 3. The van der Waals surface area contributed by atoms with Crippen LogP contribution in [0.1, 0.15) is 18.9 Å². The minimum absolute atomic E-state index is 0.528. The molecule has 114 valence electrons. The van der Waals surface area contributed by atoms with Crippen molar-refractivity contribution in [1.29, 1.82) is 5.26 Å². The first-order chi connectivity index (χ1) is 10.8. The minimum atomic E-state index is 0.528. The number of rotatable bonds is 4. The van der Waals surface area contributed by atoms with Gasteiger partial charge in [-0.15, -0.1) is 0 Å². The van der Waals surface area contributed by atoms with Gasteiger partial charge >= 0.3 is 0 Å². The number of aromatic nitrogens is 2. The fraction of sp³-hybridized carbons (Fsp3) is 0.412. The number of ether oxygens (including phenoxy) is 1. The quantitative estimate of drug-likeness (QED) is 0.942. The van der Waals surface area contributed by atoms with E-state index in [2.05, 4.69) is 23.4 Å². The van der Waals surface area contributed by atoms with Crippen LogP contribution < -0.4 is 5.32 Å². The molecule has 0 aliphatic carbocycles. The van der Waals surface area contributed by atoms with Gasteiger partial charge in [-0.2, -0.15) is 10.4 Å². The molecule has 1 aromatic heterocycles. The van der Waals surface area contributed by atoms with Gasteiger partial charge in [-0.3, -0.25) is 0 Å². The molecule has 5 nitrogen and oxygen atoms in total. The van der Waals surface area contributed by atoms with Gasteiger partial charge in [0, 0.05) is 19.8 Å². The highest BCUT2D eigenvalue weighted by Gasteiger charge is 2.22. The Morgan fingerprint density at radius 2 is 2.23 bits per heavy atom. The number of hydrogen-bond donors (Lipinski definition) is 1. The molecular formula is C17H20N4O. The van der Waals surface area contributed by atoms with Crippen molar-refractivity contribution in [2.24, 2.45) is 11.8 Å². The van der Waals surface area contributed by atoms with Crippen molar-refractivity contribution < 1.29 is 4.74 Å². The summed E-state index contributed by atoms with van der Waals surface area (Å²) in [7, 11) is 0. The summed E-state index contributed by atoms with van der Waals surface area (Å²) >= 11 is 0. The Morgan fingerprint density at radius 1 is 1.41 bits per heavy atom. The van der Waals surface area contributed by atoms with Gasteiger partial charge in [-0.25, -0.2) is 4.68 Å². The van der Waals surface area contributed by atoms with Crippen LogP contribution in [0.4, 0.5) is 5.82 Å². The van der Waals surface area contributed by atoms with Crippen molar-refractivity contribution in [3.8, 4) is 11.8 Å². The van der Waals surface area contributed by atoms with Crippen LogP contribution in [0.25, 0.3) is 5.69 Å². The van der Waals surface area contributed by atoms with Gasteiger partial charge in [0.1, 0.15) is 17.5 Å². The molecule has 2 atom stereocenters. The molecule has 0 bridgehead atoms. The van der Waals surface area contributed by atoms with E-state index >= 15 is 0 Å². The normalized spacial score (nSPS) is 21.3. The van der Waals surface area contributed by atoms with Crippen molar-refractivity contribution in [3.63, 3.8) is 0 Å². The van der Waals surface area contributed by atoms with Gasteiger partial charge in [0.25, 0.3) is 0 Å². The highest BCUT2D eigenvalue weighted by Crippen LogP contribution is 2.24. The first-order valence-electron chi connectivity index (χ1n) is 7.64. The SMILES string of the molecule is CC1COCCC1CNc1c(C#N)cnn1-c1ccccc1. The maximum atomic E-state index is 9.30. The van der Waals surface area contributed by atoms with Crippen molar-refractivity contribution in [1.82, 2.24) is 9.78 Å². The van der Waals surface area contributed by atoms with E-state index in [1.165, 1.54) is 0 Å². The van der Waals surface area contributed by atoms with E-state index in [1.54, 1.807) is 10.9 Å². The monoisotopic (exact) mass is 296 g/mol. The lowest BCUT2D eigenvalue weighted by Gasteiger charge is -2.29. The van der Waals surface area contributed by atoms with Crippen LogP contribution in [0.2, 0.25) is 0 Å². The largest absolute Gasteiger partial charge is 0.381 e. The zero-order valence-corrected chi connectivity index (χ0v) is 12.7.